The lowest BCUT2D eigenvalue weighted by molar-refractivity contribution is -0.128. The summed E-state index contributed by atoms with van der Waals surface area (Å²) < 4.78 is 7.67. The number of piperazine rings is 1. The van der Waals surface area contributed by atoms with E-state index in [0.29, 0.717) is 49.0 Å². The molecule has 0 spiro atoms. The van der Waals surface area contributed by atoms with Crippen molar-refractivity contribution in [3.63, 3.8) is 0 Å². The van der Waals surface area contributed by atoms with Crippen LogP contribution in [0.5, 0.6) is 6.01 Å². The summed E-state index contributed by atoms with van der Waals surface area (Å²) in [6, 6.07) is 15.6. The minimum absolute atomic E-state index is 0.143. The Labute approximate surface area is 243 Å². The second kappa shape index (κ2) is 11.6. The number of hydrogen-bond acceptors (Lipinski definition) is 9. The molecule has 6 rings (SSSR count). The van der Waals surface area contributed by atoms with Crippen LogP contribution < -0.4 is 9.64 Å². The van der Waals surface area contributed by atoms with Crippen LogP contribution in [0.1, 0.15) is 35.3 Å². The number of imidazole rings is 1. The molecule has 214 valence electrons. The van der Waals surface area contributed by atoms with Crippen LogP contribution in [-0.4, -0.2) is 93.0 Å². The SMILES string of the molecule is C=CC(=O)N1CCN(c2nc(OCC3CCCN3C)nn3c(C(=O)c4cccc5ccccc45)cnc23)CC1CC#N. The van der Waals surface area contributed by atoms with Gasteiger partial charge in [0.2, 0.25) is 11.7 Å². The molecule has 4 heterocycles. The van der Waals surface area contributed by atoms with Crippen molar-refractivity contribution in [3.8, 4) is 12.1 Å². The van der Waals surface area contributed by atoms with Gasteiger partial charge in [-0.3, -0.25) is 9.59 Å². The van der Waals surface area contributed by atoms with E-state index in [9.17, 15) is 14.9 Å². The number of carbonyl (C=O) groups excluding carboxylic acids is 2. The maximum absolute atomic E-state index is 14.0. The first-order chi connectivity index (χ1) is 20.5. The highest BCUT2D eigenvalue weighted by Crippen LogP contribution is 2.28. The van der Waals surface area contributed by atoms with Gasteiger partial charge < -0.3 is 19.4 Å². The lowest BCUT2D eigenvalue weighted by Crippen LogP contribution is -2.55. The Bertz CT molecular complexity index is 1700. The van der Waals surface area contributed by atoms with Gasteiger partial charge in [0.15, 0.2) is 11.5 Å². The van der Waals surface area contributed by atoms with Crippen LogP contribution in [0, 0.1) is 11.3 Å². The molecule has 2 unspecified atom stereocenters. The number of benzene rings is 2. The van der Waals surface area contributed by atoms with E-state index in [1.807, 2.05) is 47.4 Å². The average Bonchev–Trinajstić information content (AvgIpc) is 3.64. The third-order valence-electron chi connectivity index (χ3n) is 8.24. The van der Waals surface area contributed by atoms with Crippen molar-refractivity contribution < 1.29 is 14.3 Å². The van der Waals surface area contributed by atoms with E-state index in [4.69, 9.17) is 9.72 Å². The van der Waals surface area contributed by atoms with Crippen LogP contribution in [0.4, 0.5) is 5.82 Å². The number of nitrogens with zero attached hydrogens (tertiary/aromatic N) is 8. The van der Waals surface area contributed by atoms with E-state index < -0.39 is 0 Å². The first kappa shape index (κ1) is 27.4. The van der Waals surface area contributed by atoms with Gasteiger partial charge in [-0.15, -0.1) is 5.10 Å². The van der Waals surface area contributed by atoms with Gasteiger partial charge in [-0.1, -0.05) is 49.0 Å². The van der Waals surface area contributed by atoms with E-state index in [1.54, 1.807) is 4.90 Å². The fourth-order valence-electron chi connectivity index (χ4n) is 5.93. The van der Waals surface area contributed by atoms with Gasteiger partial charge in [-0.05, 0) is 43.3 Å². The Balaban J connectivity index is 1.41. The molecule has 1 amide bonds. The molecule has 42 heavy (non-hydrogen) atoms. The lowest BCUT2D eigenvalue weighted by atomic mass is 10.0. The van der Waals surface area contributed by atoms with Crippen molar-refractivity contribution in [2.75, 3.05) is 44.7 Å². The largest absolute Gasteiger partial charge is 0.461 e. The molecule has 0 bridgehead atoms. The van der Waals surface area contributed by atoms with Crippen molar-refractivity contribution in [1.82, 2.24) is 29.4 Å². The van der Waals surface area contributed by atoms with E-state index in [1.165, 1.54) is 16.8 Å². The number of likely N-dealkylation sites (N-methyl/N-ethyl adjacent to an activating group) is 1. The number of ether oxygens (including phenoxy) is 1. The summed E-state index contributed by atoms with van der Waals surface area (Å²) in [6.45, 7) is 6.25. The Kier molecular flexibility index (Phi) is 7.54. The number of carbonyl (C=O) groups is 2. The summed E-state index contributed by atoms with van der Waals surface area (Å²) in [5, 5.41) is 15.9. The summed E-state index contributed by atoms with van der Waals surface area (Å²) in [7, 11) is 2.08. The monoisotopic (exact) mass is 564 g/mol. The standard InChI is InChI=1S/C31H32N8O3/c1-3-27(40)38-17-16-37(19-22(38)13-14-32)30-29-33-18-26(28(41)25-12-6-9-21-8-4-5-11-24(21)25)39(29)35-31(34-30)42-20-23-10-7-15-36(23)2/h3-6,8-9,11-12,18,22-23H,1,7,10,13,15-17,19-20H2,2H3. The topological polar surface area (TPSA) is 120 Å². The predicted octanol–water partition coefficient (Wildman–Crippen LogP) is 3.10. The molecule has 2 saturated heterocycles. The van der Waals surface area contributed by atoms with Crippen LogP contribution in [0.25, 0.3) is 16.4 Å². The first-order valence-corrected chi connectivity index (χ1v) is 14.1. The fraction of sp³-hybridized carbons (Fsp3) is 0.355. The van der Waals surface area contributed by atoms with Gasteiger partial charge in [0.05, 0.1) is 24.7 Å². The lowest BCUT2D eigenvalue weighted by Gasteiger charge is -2.40. The quantitative estimate of drug-likeness (QED) is 0.235. The van der Waals surface area contributed by atoms with Crippen LogP contribution >= 0.6 is 0 Å². The fourth-order valence-corrected chi connectivity index (χ4v) is 5.93. The van der Waals surface area contributed by atoms with Gasteiger partial charge in [-0.25, -0.2) is 9.50 Å². The predicted molar refractivity (Wildman–Crippen MR) is 157 cm³/mol. The van der Waals surface area contributed by atoms with E-state index in [2.05, 4.69) is 34.7 Å². The number of hydrogen-bond donors (Lipinski definition) is 0. The zero-order valence-electron chi connectivity index (χ0n) is 23.5. The number of nitriles is 1. The van der Waals surface area contributed by atoms with E-state index in [-0.39, 0.29) is 36.2 Å². The number of likely N-dealkylation sites (tertiary alicyclic amines) is 1. The number of fused-ring (bicyclic) bond motifs is 2. The highest BCUT2D eigenvalue weighted by atomic mass is 16.5. The van der Waals surface area contributed by atoms with Gasteiger partial charge in [0, 0.05) is 31.2 Å². The van der Waals surface area contributed by atoms with Crippen molar-refractivity contribution in [3.05, 3.63) is 72.6 Å². The highest BCUT2D eigenvalue weighted by Gasteiger charge is 2.32. The van der Waals surface area contributed by atoms with Gasteiger partial charge in [0.1, 0.15) is 12.3 Å². The Morgan fingerprint density at radius 3 is 2.76 bits per heavy atom. The van der Waals surface area contributed by atoms with Crippen LogP contribution in [0.3, 0.4) is 0 Å². The number of anilines is 1. The van der Waals surface area contributed by atoms with Crippen molar-refractivity contribution >= 4 is 33.9 Å². The molecule has 2 atom stereocenters. The number of aromatic nitrogens is 4. The number of rotatable bonds is 8. The van der Waals surface area contributed by atoms with Crippen molar-refractivity contribution in [1.29, 1.82) is 5.26 Å². The molecule has 4 aromatic rings. The zero-order valence-corrected chi connectivity index (χ0v) is 23.5. The molecule has 2 aliphatic heterocycles. The molecule has 2 fully saturated rings. The molecule has 2 aromatic carbocycles. The third kappa shape index (κ3) is 5.05. The summed E-state index contributed by atoms with van der Waals surface area (Å²) in [5.74, 6) is 0.0655. The smallest absolute Gasteiger partial charge is 0.336 e. The van der Waals surface area contributed by atoms with Crippen LogP contribution in [0.15, 0.2) is 61.3 Å². The Hall–Kier alpha value is -4.82. The molecule has 0 N–H and O–H groups in total. The van der Waals surface area contributed by atoms with Gasteiger partial charge >= 0.3 is 6.01 Å². The van der Waals surface area contributed by atoms with Crippen LogP contribution in [0.2, 0.25) is 0 Å². The minimum atomic E-state index is -0.354. The maximum Gasteiger partial charge on any atom is 0.336 e. The normalized spacial score (nSPS) is 19.2. The van der Waals surface area contributed by atoms with Gasteiger partial charge in [0.25, 0.3) is 0 Å². The zero-order chi connectivity index (χ0) is 29.2. The number of ketones is 1. The van der Waals surface area contributed by atoms with Crippen molar-refractivity contribution in [2.45, 2.75) is 31.3 Å². The second-order valence-electron chi connectivity index (χ2n) is 10.7. The first-order valence-electron chi connectivity index (χ1n) is 14.1. The minimum Gasteiger partial charge on any atom is -0.461 e. The summed E-state index contributed by atoms with van der Waals surface area (Å²) in [6.07, 6.45) is 5.09. The Morgan fingerprint density at radius 1 is 1.14 bits per heavy atom. The highest BCUT2D eigenvalue weighted by molar-refractivity contribution is 6.15. The van der Waals surface area contributed by atoms with E-state index in [0.717, 1.165) is 30.2 Å². The molecule has 11 nitrogen and oxygen atoms in total. The second-order valence-corrected chi connectivity index (χ2v) is 10.7. The molecule has 0 aliphatic carbocycles. The van der Waals surface area contributed by atoms with Crippen molar-refractivity contribution in [2.24, 2.45) is 0 Å². The third-order valence-corrected chi connectivity index (χ3v) is 8.24. The molecular formula is C31H32N8O3. The molecule has 2 aliphatic rings. The maximum atomic E-state index is 14.0. The van der Waals surface area contributed by atoms with Crippen LogP contribution in [-0.2, 0) is 4.79 Å². The molecular weight excluding hydrogens is 532 g/mol. The number of amides is 1. The average molecular weight is 565 g/mol. The Morgan fingerprint density at radius 2 is 1.98 bits per heavy atom. The summed E-state index contributed by atoms with van der Waals surface area (Å²) >= 11 is 0. The van der Waals surface area contributed by atoms with Gasteiger partial charge in [-0.2, -0.15) is 10.2 Å². The van der Waals surface area contributed by atoms with E-state index >= 15 is 0 Å². The molecule has 2 aromatic heterocycles. The molecule has 11 heteroatoms. The molecule has 0 saturated carbocycles. The summed E-state index contributed by atoms with van der Waals surface area (Å²) in [4.78, 5) is 41.7. The summed E-state index contributed by atoms with van der Waals surface area (Å²) in [5.41, 5.74) is 1.25. The molecule has 0 radical (unpaired) electrons.